The van der Waals surface area contributed by atoms with E-state index in [9.17, 15) is 0 Å². The van der Waals surface area contributed by atoms with Gasteiger partial charge in [-0.25, -0.2) is 0 Å². The third-order valence-electron chi connectivity index (χ3n) is 2.55. The van der Waals surface area contributed by atoms with Crippen molar-refractivity contribution >= 4 is 11.5 Å². The first kappa shape index (κ1) is 13.2. The van der Waals surface area contributed by atoms with E-state index < -0.39 is 0 Å². The highest BCUT2D eigenvalue weighted by molar-refractivity contribution is 5.53. The molecule has 0 unspecified atom stereocenters. The molecule has 1 aromatic carbocycles. The van der Waals surface area contributed by atoms with E-state index in [1.165, 1.54) is 5.56 Å². The van der Waals surface area contributed by atoms with Gasteiger partial charge in [-0.05, 0) is 31.5 Å². The van der Waals surface area contributed by atoms with Crippen molar-refractivity contribution in [3.05, 3.63) is 48.0 Å². The number of nitrogens with one attached hydrogen (secondary N) is 1. The van der Waals surface area contributed by atoms with Crippen LogP contribution in [0.3, 0.4) is 0 Å². The van der Waals surface area contributed by atoms with Crippen LogP contribution in [0, 0.1) is 0 Å². The Morgan fingerprint density at radius 3 is 2.58 bits per heavy atom. The number of hydrogen-bond donors (Lipinski definition) is 2. The number of nitrogens with zero attached hydrogens (tertiary/aromatic N) is 1. The van der Waals surface area contributed by atoms with Crippen molar-refractivity contribution in [2.45, 2.75) is 26.5 Å². The van der Waals surface area contributed by atoms with Crippen LogP contribution in [0.4, 0.5) is 11.5 Å². The lowest BCUT2D eigenvalue weighted by atomic mass is 10.2. The molecule has 4 heteroatoms. The van der Waals surface area contributed by atoms with E-state index in [0.29, 0.717) is 11.6 Å². The van der Waals surface area contributed by atoms with Crippen LogP contribution in [-0.4, -0.2) is 11.1 Å². The normalized spacial score (nSPS) is 10.5. The van der Waals surface area contributed by atoms with Crippen LogP contribution in [0.25, 0.3) is 0 Å². The molecule has 1 heterocycles. The molecule has 0 atom stereocenters. The van der Waals surface area contributed by atoms with Crippen molar-refractivity contribution < 1.29 is 4.74 Å². The summed E-state index contributed by atoms with van der Waals surface area (Å²) in [5.41, 5.74) is 7.59. The van der Waals surface area contributed by atoms with E-state index in [4.69, 9.17) is 10.5 Å². The number of rotatable bonds is 5. The molecule has 0 aliphatic carbocycles. The van der Waals surface area contributed by atoms with Crippen molar-refractivity contribution in [2.24, 2.45) is 0 Å². The van der Waals surface area contributed by atoms with E-state index >= 15 is 0 Å². The van der Waals surface area contributed by atoms with Gasteiger partial charge < -0.3 is 15.8 Å². The Morgan fingerprint density at radius 2 is 1.89 bits per heavy atom. The number of benzene rings is 1. The first-order valence-electron chi connectivity index (χ1n) is 6.36. The van der Waals surface area contributed by atoms with Gasteiger partial charge in [0, 0.05) is 6.54 Å². The molecule has 100 valence electrons. The summed E-state index contributed by atoms with van der Waals surface area (Å²) >= 11 is 0. The van der Waals surface area contributed by atoms with Gasteiger partial charge in [-0.2, -0.15) is 4.98 Å². The summed E-state index contributed by atoms with van der Waals surface area (Å²) in [6.07, 6.45) is 0.0548. The minimum Gasteiger partial charge on any atom is -0.473 e. The van der Waals surface area contributed by atoms with Gasteiger partial charge in [0.2, 0.25) is 5.88 Å². The molecule has 4 nitrogen and oxygen atoms in total. The molecule has 0 spiro atoms. The molecule has 0 saturated carbocycles. The van der Waals surface area contributed by atoms with E-state index in [2.05, 4.69) is 22.4 Å². The fourth-order valence-corrected chi connectivity index (χ4v) is 1.66. The van der Waals surface area contributed by atoms with Crippen molar-refractivity contribution in [1.29, 1.82) is 0 Å². The van der Waals surface area contributed by atoms with Crippen LogP contribution in [-0.2, 0) is 6.54 Å². The van der Waals surface area contributed by atoms with Gasteiger partial charge in [-0.15, -0.1) is 0 Å². The fraction of sp³-hybridized carbons (Fsp3) is 0.267. The van der Waals surface area contributed by atoms with Gasteiger partial charge in [-0.3, -0.25) is 0 Å². The molecule has 1 aromatic heterocycles. The number of anilines is 2. The number of nitrogens with two attached hydrogens (primary N) is 1. The number of pyridine rings is 1. The van der Waals surface area contributed by atoms with Crippen LogP contribution < -0.4 is 15.8 Å². The molecule has 0 fully saturated rings. The summed E-state index contributed by atoms with van der Waals surface area (Å²) in [6.45, 7) is 4.62. The summed E-state index contributed by atoms with van der Waals surface area (Å²) in [6, 6.07) is 13.8. The first-order chi connectivity index (χ1) is 9.15. The smallest absolute Gasteiger partial charge is 0.239 e. The monoisotopic (exact) mass is 257 g/mol. The van der Waals surface area contributed by atoms with Crippen molar-refractivity contribution in [3.8, 4) is 5.88 Å². The van der Waals surface area contributed by atoms with Gasteiger partial charge in [0.05, 0.1) is 11.8 Å². The molecule has 2 aromatic rings. The zero-order chi connectivity index (χ0) is 13.7. The molecular formula is C15H19N3O. The lowest BCUT2D eigenvalue weighted by Crippen LogP contribution is -2.10. The Kier molecular flexibility index (Phi) is 4.23. The van der Waals surface area contributed by atoms with Crippen molar-refractivity contribution in [1.82, 2.24) is 4.98 Å². The average molecular weight is 257 g/mol. The molecule has 0 aliphatic heterocycles. The summed E-state index contributed by atoms with van der Waals surface area (Å²) in [4.78, 5) is 4.37. The maximum atomic E-state index is 5.83. The van der Waals surface area contributed by atoms with Gasteiger partial charge in [-0.1, -0.05) is 30.3 Å². The molecule has 19 heavy (non-hydrogen) atoms. The molecule has 0 aliphatic rings. The highest BCUT2D eigenvalue weighted by atomic mass is 16.5. The Bertz CT molecular complexity index is 526. The fourth-order valence-electron chi connectivity index (χ4n) is 1.66. The molecule has 0 saturated heterocycles. The predicted octanol–water partition coefficient (Wildman–Crippen LogP) is 3.06. The molecule has 3 N–H and O–H groups in total. The average Bonchev–Trinajstić information content (AvgIpc) is 2.40. The maximum Gasteiger partial charge on any atom is 0.239 e. The summed E-state index contributed by atoms with van der Waals surface area (Å²) < 4.78 is 5.56. The van der Waals surface area contributed by atoms with Crippen LogP contribution >= 0.6 is 0 Å². The first-order valence-corrected chi connectivity index (χ1v) is 6.36. The minimum absolute atomic E-state index is 0.0548. The third-order valence-corrected chi connectivity index (χ3v) is 2.55. The number of ether oxygens (including phenoxy) is 1. The van der Waals surface area contributed by atoms with Gasteiger partial charge in [0.15, 0.2) is 0 Å². The second-order valence-corrected chi connectivity index (χ2v) is 4.60. The Balaban J connectivity index is 2.04. The zero-order valence-electron chi connectivity index (χ0n) is 11.3. The number of hydrogen-bond acceptors (Lipinski definition) is 4. The lowest BCUT2D eigenvalue weighted by Gasteiger charge is -2.13. The quantitative estimate of drug-likeness (QED) is 0.864. The molecular weight excluding hydrogens is 238 g/mol. The summed E-state index contributed by atoms with van der Waals surface area (Å²) in [5, 5.41) is 3.26. The van der Waals surface area contributed by atoms with Crippen LogP contribution in [0.5, 0.6) is 5.88 Å². The second-order valence-electron chi connectivity index (χ2n) is 4.60. The zero-order valence-corrected chi connectivity index (χ0v) is 11.3. The third kappa shape index (κ3) is 3.88. The number of aromatic nitrogens is 1. The van der Waals surface area contributed by atoms with E-state index in [-0.39, 0.29) is 6.10 Å². The Labute approximate surface area is 113 Å². The lowest BCUT2D eigenvalue weighted by molar-refractivity contribution is 0.234. The molecule has 2 rings (SSSR count). The summed E-state index contributed by atoms with van der Waals surface area (Å²) in [5.74, 6) is 1.24. The molecule has 0 bridgehead atoms. The topological polar surface area (TPSA) is 60.2 Å². The predicted molar refractivity (Wildman–Crippen MR) is 78.2 cm³/mol. The summed E-state index contributed by atoms with van der Waals surface area (Å²) in [7, 11) is 0. The van der Waals surface area contributed by atoms with E-state index in [0.717, 1.165) is 12.4 Å². The minimum atomic E-state index is 0.0548. The largest absolute Gasteiger partial charge is 0.473 e. The Morgan fingerprint density at radius 1 is 1.16 bits per heavy atom. The highest BCUT2D eigenvalue weighted by Gasteiger charge is 2.06. The SMILES string of the molecule is CC(C)Oc1nc(NCc2ccccc2)ccc1N. The van der Waals surface area contributed by atoms with Crippen molar-refractivity contribution in [3.63, 3.8) is 0 Å². The highest BCUT2D eigenvalue weighted by Crippen LogP contribution is 2.22. The van der Waals surface area contributed by atoms with Gasteiger partial charge in [0.1, 0.15) is 5.82 Å². The van der Waals surface area contributed by atoms with Crippen molar-refractivity contribution in [2.75, 3.05) is 11.1 Å². The van der Waals surface area contributed by atoms with Crippen LogP contribution in [0.1, 0.15) is 19.4 Å². The second kappa shape index (κ2) is 6.09. The maximum absolute atomic E-state index is 5.83. The van der Waals surface area contributed by atoms with Crippen LogP contribution in [0.15, 0.2) is 42.5 Å². The number of nitrogen functional groups attached to an aromatic ring is 1. The standard InChI is InChI=1S/C15H19N3O/c1-11(2)19-15-13(16)8-9-14(18-15)17-10-12-6-4-3-5-7-12/h3-9,11H,10,16H2,1-2H3,(H,17,18). The van der Waals surface area contributed by atoms with Crippen LogP contribution in [0.2, 0.25) is 0 Å². The van der Waals surface area contributed by atoms with E-state index in [1.54, 1.807) is 6.07 Å². The Hall–Kier alpha value is -2.23. The molecule has 0 radical (unpaired) electrons. The van der Waals surface area contributed by atoms with Gasteiger partial charge >= 0.3 is 0 Å². The van der Waals surface area contributed by atoms with E-state index in [1.807, 2.05) is 38.1 Å². The van der Waals surface area contributed by atoms with Gasteiger partial charge in [0.25, 0.3) is 0 Å². The molecule has 0 amide bonds.